The quantitative estimate of drug-likeness (QED) is 0.717. The normalized spacial score (nSPS) is 15.6. The van der Waals surface area contributed by atoms with Gasteiger partial charge in [-0.1, -0.05) is 0 Å². The second-order valence-corrected chi connectivity index (χ2v) is 9.78. The second kappa shape index (κ2) is 9.10. The zero-order valence-electron chi connectivity index (χ0n) is 17.5. The number of amides is 2. The van der Waals surface area contributed by atoms with Crippen molar-refractivity contribution in [3.05, 3.63) is 23.8 Å². The highest BCUT2D eigenvalue weighted by molar-refractivity contribution is 7.89. The zero-order valence-corrected chi connectivity index (χ0v) is 18.3. The summed E-state index contributed by atoms with van der Waals surface area (Å²) in [6, 6.07) is 4.15. The maximum Gasteiger partial charge on any atom is 0.257 e. The Bertz CT molecular complexity index is 857. The van der Waals surface area contributed by atoms with Crippen molar-refractivity contribution in [2.75, 3.05) is 47.0 Å². The van der Waals surface area contributed by atoms with E-state index in [0.717, 1.165) is 0 Å². The van der Waals surface area contributed by atoms with E-state index in [1.165, 1.54) is 41.6 Å². The van der Waals surface area contributed by atoms with Gasteiger partial charge in [-0.3, -0.25) is 9.59 Å². The Morgan fingerprint density at radius 2 is 1.86 bits per heavy atom. The van der Waals surface area contributed by atoms with Crippen LogP contribution in [0.1, 0.15) is 31.1 Å². The Labute approximate surface area is 172 Å². The molecular formula is C19H29N3O6S. The maximum absolute atomic E-state index is 12.9. The van der Waals surface area contributed by atoms with Crippen molar-refractivity contribution in [2.45, 2.75) is 31.2 Å². The van der Waals surface area contributed by atoms with Gasteiger partial charge in [0, 0.05) is 25.7 Å². The molecule has 1 saturated heterocycles. The van der Waals surface area contributed by atoms with Crippen LogP contribution in [0.4, 0.5) is 0 Å². The molecule has 0 atom stereocenters. The molecule has 2 rings (SSSR count). The number of methoxy groups -OCH3 is 1. The molecule has 1 aliphatic rings. The summed E-state index contributed by atoms with van der Waals surface area (Å²) >= 11 is 0. The fourth-order valence-electron chi connectivity index (χ4n) is 2.90. The number of hydrogen-bond donors (Lipinski definition) is 1. The van der Waals surface area contributed by atoms with Gasteiger partial charge in [-0.15, -0.1) is 0 Å². The SMILES string of the molecule is COc1ccc(S(=O)(=O)N2CCOCC2)cc1C(=O)N(C)CC(=O)NC(C)(C)C. The van der Waals surface area contributed by atoms with E-state index in [2.05, 4.69) is 5.32 Å². The van der Waals surface area contributed by atoms with Gasteiger partial charge in [0.2, 0.25) is 15.9 Å². The Morgan fingerprint density at radius 3 is 2.41 bits per heavy atom. The lowest BCUT2D eigenvalue weighted by atomic mass is 10.1. The van der Waals surface area contributed by atoms with E-state index in [1.807, 2.05) is 20.8 Å². The third-order valence-electron chi connectivity index (χ3n) is 4.25. The summed E-state index contributed by atoms with van der Waals surface area (Å²) in [5.41, 5.74) is -0.349. The minimum absolute atomic E-state index is 0.00362. The summed E-state index contributed by atoms with van der Waals surface area (Å²) in [6.45, 7) is 6.52. The van der Waals surface area contributed by atoms with Crippen LogP contribution >= 0.6 is 0 Å². The van der Waals surface area contributed by atoms with Crippen molar-refractivity contribution in [1.29, 1.82) is 0 Å². The van der Waals surface area contributed by atoms with Gasteiger partial charge in [0.25, 0.3) is 5.91 Å². The van der Waals surface area contributed by atoms with Gasteiger partial charge in [0.1, 0.15) is 5.75 Å². The van der Waals surface area contributed by atoms with E-state index in [9.17, 15) is 18.0 Å². The highest BCUT2D eigenvalue weighted by Gasteiger charge is 2.29. The molecule has 0 radical (unpaired) electrons. The first-order valence-electron chi connectivity index (χ1n) is 9.28. The average molecular weight is 428 g/mol. The smallest absolute Gasteiger partial charge is 0.257 e. The maximum atomic E-state index is 12.9. The molecular weight excluding hydrogens is 398 g/mol. The average Bonchev–Trinajstić information content (AvgIpc) is 2.65. The lowest BCUT2D eigenvalue weighted by Crippen LogP contribution is -2.46. The highest BCUT2D eigenvalue weighted by atomic mass is 32.2. The molecule has 1 heterocycles. The van der Waals surface area contributed by atoms with Crippen molar-refractivity contribution in [3.63, 3.8) is 0 Å². The van der Waals surface area contributed by atoms with Crippen LogP contribution in [0.5, 0.6) is 5.75 Å². The highest BCUT2D eigenvalue weighted by Crippen LogP contribution is 2.26. The monoisotopic (exact) mass is 427 g/mol. The molecule has 0 saturated carbocycles. The van der Waals surface area contributed by atoms with Gasteiger partial charge in [-0.25, -0.2) is 8.42 Å². The molecule has 0 aliphatic carbocycles. The van der Waals surface area contributed by atoms with Crippen LogP contribution < -0.4 is 10.1 Å². The molecule has 2 amide bonds. The first kappa shape index (κ1) is 23.1. The summed E-state index contributed by atoms with van der Waals surface area (Å²) in [6.07, 6.45) is 0. The van der Waals surface area contributed by atoms with E-state index < -0.39 is 21.5 Å². The third-order valence-corrected chi connectivity index (χ3v) is 6.15. The number of carbonyl (C=O) groups is 2. The van der Waals surface area contributed by atoms with Crippen LogP contribution in [0, 0.1) is 0 Å². The van der Waals surface area contributed by atoms with Crippen molar-refractivity contribution in [2.24, 2.45) is 0 Å². The van der Waals surface area contributed by atoms with E-state index in [0.29, 0.717) is 13.2 Å². The number of benzene rings is 1. The first-order valence-corrected chi connectivity index (χ1v) is 10.7. The third kappa shape index (κ3) is 5.91. The van der Waals surface area contributed by atoms with Crippen LogP contribution in [0.2, 0.25) is 0 Å². The predicted octanol–water partition coefficient (Wildman–Crippen LogP) is 0.703. The molecule has 162 valence electrons. The number of morpholine rings is 1. The molecule has 1 N–H and O–H groups in total. The molecule has 10 heteroatoms. The number of likely N-dealkylation sites (N-methyl/N-ethyl adjacent to an activating group) is 1. The Hall–Kier alpha value is -2.17. The number of ether oxygens (including phenoxy) is 2. The van der Waals surface area contributed by atoms with Crippen LogP contribution in [0.3, 0.4) is 0 Å². The Morgan fingerprint density at radius 1 is 1.24 bits per heavy atom. The molecule has 29 heavy (non-hydrogen) atoms. The van der Waals surface area contributed by atoms with Crippen LogP contribution in [-0.2, 0) is 19.6 Å². The lowest BCUT2D eigenvalue weighted by molar-refractivity contribution is -0.122. The number of rotatable bonds is 6. The second-order valence-electron chi connectivity index (χ2n) is 7.84. The van der Waals surface area contributed by atoms with Crippen molar-refractivity contribution < 1.29 is 27.5 Å². The summed E-state index contributed by atoms with van der Waals surface area (Å²) < 4.78 is 37.6. The van der Waals surface area contributed by atoms with Crippen molar-refractivity contribution in [3.8, 4) is 5.75 Å². The molecule has 1 aromatic carbocycles. The minimum Gasteiger partial charge on any atom is -0.496 e. The van der Waals surface area contributed by atoms with Gasteiger partial charge < -0.3 is 19.7 Å². The lowest BCUT2D eigenvalue weighted by Gasteiger charge is -2.26. The topological polar surface area (TPSA) is 105 Å². The Kier molecular flexibility index (Phi) is 7.25. The fourth-order valence-corrected chi connectivity index (χ4v) is 4.34. The molecule has 0 bridgehead atoms. The number of hydrogen-bond acceptors (Lipinski definition) is 6. The van der Waals surface area contributed by atoms with Gasteiger partial charge in [-0.2, -0.15) is 4.31 Å². The molecule has 0 aromatic heterocycles. The molecule has 0 spiro atoms. The van der Waals surface area contributed by atoms with Crippen molar-refractivity contribution >= 4 is 21.8 Å². The Balaban J connectivity index is 2.28. The number of sulfonamides is 1. The zero-order chi connectivity index (χ0) is 21.8. The molecule has 0 unspecified atom stereocenters. The minimum atomic E-state index is -3.77. The van der Waals surface area contributed by atoms with Crippen molar-refractivity contribution in [1.82, 2.24) is 14.5 Å². The standard InChI is InChI=1S/C19H29N3O6S/c1-19(2,3)20-17(23)13-21(4)18(24)15-12-14(6-7-16(15)27-5)29(25,26)22-8-10-28-11-9-22/h6-7,12H,8-11,13H2,1-5H3,(H,20,23). The number of nitrogens with zero attached hydrogens (tertiary/aromatic N) is 2. The van der Waals surface area contributed by atoms with Crippen LogP contribution in [0.25, 0.3) is 0 Å². The summed E-state index contributed by atoms with van der Waals surface area (Å²) in [7, 11) is -0.891. The van der Waals surface area contributed by atoms with E-state index >= 15 is 0 Å². The summed E-state index contributed by atoms with van der Waals surface area (Å²) in [4.78, 5) is 26.3. The van der Waals surface area contributed by atoms with Gasteiger partial charge >= 0.3 is 0 Å². The molecule has 9 nitrogen and oxygen atoms in total. The van der Waals surface area contributed by atoms with Gasteiger partial charge in [0.15, 0.2) is 0 Å². The van der Waals surface area contributed by atoms with Gasteiger partial charge in [-0.05, 0) is 39.0 Å². The number of nitrogens with one attached hydrogen (secondary N) is 1. The summed E-state index contributed by atoms with van der Waals surface area (Å²) in [5.74, 6) is -0.589. The van der Waals surface area contributed by atoms with Gasteiger partial charge in [0.05, 0.1) is 37.3 Å². The molecule has 1 aromatic rings. The van der Waals surface area contributed by atoms with Crippen LogP contribution in [0.15, 0.2) is 23.1 Å². The number of carbonyl (C=O) groups excluding carboxylic acids is 2. The fraction of sp³-hybridized carbons (Fsp3) is 0.579. The first-order chi connectivity index (χ1) is 13.5. The van der Waals surface area contributed by atoms with Crippen LogP contribution in [-0.4, -0.2) is 82.0 Å². The molecule has 1 fully saturated rings. The van der Waals surface area contributed by atoms with E-state index in [4.69, 9.17) is 9.47 Å². The van der Waals surface area contributed by atoms with E-state index in [1.54, 1.807) is 0 Å². The van der Waals surface area contributed by atoms with E-state index in [-0.39, 0.29) is 41.7 Å². The largest absolute Gasteiger partial charge is 0.496 e. The predicted molar refractivity (Wildman–Crippen MR) is 107 cm³/mol. The molecule has 1 aliphatic heterocycles. The summed E-state index contributed by atoms with van der Waals surface area (Å²) in [5, 5.41) is 2.79.